The Labute approximate surface area is 109 Å². The van der Waals surface area contributed by atoms with Crippen LogP contribution in [0, 0.1) is 11.8 Å². The predicted octanol–water partition coefficient (Wildman–Crippen LogP) is 1.08. The van der Waals surface area contributed by atoms with Gasteiger partial charge in [0.2, 0.25) is 0 Å². The van der Waals surface area contributed by atoms with Gasteiger partial charge in [-0.1, -0.05) is 20.8 Å². The van der Waals surface area contributed by atoms with E-state index in [1.807, 2.05) is 0 Å². The van der Waals surface area contributed by atoms with Crippen LogP contribution in [0.2, 0.25) is 0 Å². The zero-order chi connectivity index (χ0) is 13.7. The topological polar surface area (TPSA) is 59.0 Å². The molecule has 1 saturated heterocycles. The molecule has 0 saturated carbocycles. The number of methoxy groups -OCH3 is 1. The van der Waals surface area contributed by atoms with E-state index in [0.717, 1.165) is 6.54 Å². The Morgan fingerprint density at radius 3 is 2.61 bits per heavy atom. The smallest absolute Gasteiger partial charge is 0.310 e. The van der Waals surface area contributed by atoms with Gasteiger partial charge < -0.3 is 14.6 Å². The number of carboxylic acid groups (broad SMARTS) is 1. The molecule has 0 radical (unpaired) electrons. The number of rotatable bonds is 7. The zero-order valence-electron chi connectivity index (χ0n) is 11.8. The van der Waals surface area contributed by atoms with Crippen LogP contribution in [0.3, 0.4) is 0 Å². The van der Waals surface area contributed by atoms with Gasteiger partial charge >= 0.3 is 5.97 Å². The largest absolute Gasteiger partial charge is 0.481 e. The van der Waals surface area contributed by atoms with Gasteiger partial charge in [-0.2, -0.15) is 0 Å². The second-order valence-electron chi connectivity index (χ2n) is 5.15. The molecule has 106 valence electrons. The minimum atomic E-state index is -0.768. The fourth-order valence-corrected chi connectivity index (χ4v) is 2.66. The van der Waals surface area contributed by atoms with Crippen LogP contribution in [0.4, 0.5) is 0 Å². The molecule has 3 atom stereocenters. The molecule has 5 heteroatoms. The molecule has 1 aliphatic heterocycles. The van der Waals surface area contributed by atoms with E-state index in [2.05, 4.69) is 25.7 Å². The molecule has 0 bridgehead atoms. The molecule has 5 nitrogen and oxygen atoms in total. The number of nitrogens with zero attached hydrogens (tertiary/aromatic N) is 1. The van der Waals surface area contributed by atoms with E-state index in [9.17, 15) is 9.90 Å². The third kappa shape index (κ3) is 3.43. The standard InChI is InChI=1S/C13H25NO4/c1-5-14(11(7-17-4)9(2)3)12-8-18-6-10(12)13(15)16/h9-12H,5-8H2,1-4H3,(H,15,16). The van der Waals surface area contributed by atoms with Crippen molar-refractivity contribution in [3.8, 4) is 0 Å². The summed E-state index contributed by atoms with van der Waals surface area (Å²) in [5, 5.41) is 9.24. The molecular formula is C13H25NO4. The van der Waals surface area contributed by atoms with Gasteiger partial charge in [0.25, 0.3) is 0 Å². The van der Waals surface area contributed by atoms with Gasteiger partial charge in [-0.3, -0.25) is 9.69 Å². The summed E-state index contributed by atoms with van der Waals surface area (Å²) in [6.45, 7) is 8.57. The third-order valence-corrected chi connectivity index (χ3v) is 3.69. The van der Waals surface area contributed by atoms with Gasteiger partial charge in [-0.25, -0.2) is 0 Å². The Kier molecular flexibility index (Phi) is 6.05. The van der Waals surface area contributed by atoms with E-state index in [4.69, 9.17) is 9.47 Å². The number of likely N-dealkylation sites (N-methyl/N-ethyl adjacent to an activating group) is 1. The SMILES string of the molecule is CCN(C(COC)C(C)C)C1COCC1C(=O)O. The molecule has 0 aromatic carbocycles. The maximum Gasteiger partial charge on any atom is 0.310 e. The van der Waals surface area contributed by atoms with Gasteiger partial charge in [0, 0.05) is 19.2 Å². The lowest BCUT2D eigenvalue weighted by atomic mass is 9.96. The van der Waals surface area contributed by atoms with E-state index in [-0.39, 0.29) is 12.1 Å². The first-order valence-electron chi connectivity index (χ1n) is 6.58. The van der Waals surface area contributed by atoms with Gasteiger partial charge in [0.15, 0.2) is 0 Å². The summed E-state index contributed by atoms with van der Waals surface area (Å²) < 4.78 is 10.6. The van der Waals surface area contributed by atoms with Gasteiger partial charge in [0.05, 0.1) is 25.7 Å². The van der Waals surface area contributed by atoms with Crippen LogP contribution in [0.15, 0.2) is 0 Å². The van der Waals surface area contributed by atoms with Crippen molar-refractivity contribution in [1.29, 1.82) is 0 Å². The summed E-state index contributed by atoms with van der Waals surface area (Å²) in [6, 6.07) is 0.184. The first-order chi connectivity index (χ1) is 8.52. The highest BCUT2D eigenvalue weighted by Crippen LogP contribution is 2.24. The lowest BCUT2D eigenvalue weighted by molar-refractivity contribution is -0.143. The van der Waals surface area contributed by atoms with Crippen LogP contribution in [0.1, 0.15) is 20.8 Å². The molecule has 1 heterocycles. The molecule has 0 aromatic rings. The Hall–Kier alpha value is -0.650. The van der Waals surface area contributed by atoms with Crippen molar-refractivity contribution in [3.05, 3.63) is 0 Å². The van der Waals surface area contributed by atoms with Crippen LogP contribution in [0.5, 0.6) is 0 Å². The molecule has 0 aliphatic carbocycles. The molecule has 0 amide bonds. The van der Waals surface area contributed by atoms with Crippen molar-refractivity contribution < 1.29 is 19.4 Å². The number of hydrogen-bond donors (Lipinski definition) is 1. The van der Waals surface area contributed by atoms with Crippen molar-refractivity contribution in [2.24, 2.45) is 11.8 Å². The fourth-order valence-electron chi connectivity index (χ4n) is 2.66. The maximum absolute atomic E-state index is 11.2. The summed E-state index contributed by atoms with van der Waals surface area (Å²) in [5.74, 6) is -0.779. The molecule has 0 aromatic heterocycles. The monoisotopic (exact) mass is 259 g/mol. The normalized spacial score (nSPS) is 25.9. The Bertz CT molecular complexity index is 270. The fraction of sp³-hybridized carbons (Fsp3) is 0.923. The third-order valence-electron chi connectivity index (χ3n) is 3.69. The number of carboxylic acids is 1. The lowest BCUT2D eigenvalue weighted by Crippen LogP contribution is -2.52. The minimum Gasteiger partial charge on any atom is -0.481 e. The highest BCUT2D eigenvalue weighted by Gasteiger charge is 2.40. The van der Waals surface area contributed by atoms with E-state index in [0.29, 0.717) is 25.7 Å². The van der Waals surface area contributed by atoms with Crippen molar-refractivity contribution in [1.82, 2.24) is 4.90 Å². The van der Waals surface area contributed by atoms with Crippen molar-refractivity contribution in [2.45, 2.75) is 32.9 Å². The Morgan fingerprint density at radius 2 is 2.17 bits per heavy atom. The highest BCUT2D eigenvalue weighted by atomic mass is 16.5. The predicted molar refractivity (Wildman–Crippen MR) is 68.6 cm³/mol. The van der Waals surface area contributed by atoms with Crippen molar-refractivity contribution in [3.63, 3.8) is 0 Å². The van der Waals surface area contributed by atoms with E-state index < -0.39 is 11.9 Å². The summed E-state index contributed by atoms with van der Waals surface area (Å²) >= 11 is 0. The van der Waals surface area contributed by atoms with Crippen LogP contribution >= 0.6 is 0 Å². The Morgan fingerprint density at radius 1 is 1.50 bits per heavy atom. The number of carbonyl (C=O) groups is 1. The van der Waals surface area contributed by atoms with Crippen LogP contribution in [0.25, 0.3) is 0 Å². The van der Waals surface area contributed by atoms with E-state index >= 15 is 0 Å². The second kappa shape index (κ2) is 7.07. The molecule has 18 heavy (non-hydrogen) atoms. The zero-order valence-corrected chi connectivity index (χ0v) is 11.8. The van der Waals surface area contributed by atoms with Gasteiger partial charge in [0.1, 0.15) is 0 Å². The number of hydrogen-bond acceptors (Lipinski definition) is 4. The summed E-state index contributed by atoms with van der Waals surface area (Å²) in [4.78, 5) is 13.5. The summed E-state index contributed by atoms with van der Waals surface area (Å²) in [6.07, 6.45) is 0. The van der Waals surface area contributed by atoms with E-state index in [1.165, 1.54) is 0 Å². The van der Waals surface area contributed by atoms with Crippen LogP contribution in [-0.4, -0.2) is 61.5 Å². The van der Waals surface area contributed by atoms with Gasteiger partial charge in [-0.05, 0) is 12.5 Å². The van der Waals surface area contributed by atoms with E-state index in [1.54, 1.807) is 7.11 Å². The van der Waals surface area contributed by atoms with Crippen molar-refractivity contribution >= 4 is 5.97 Å². The minimum absolute atomic E-state index is 0.0463. The summed E-state index contributed by atoms with van der Waals surface area (Å²) in [5.41, 5.74) is 0. The molecular weight excluding hydrogens is 234 g/mol. The molecule has 0 spiro atoms. The van der Waals surface area contributed by atoms with Crippen LogP contribution < -0.4 is 0 Å². The number of ether oxygens (including phenoxy) is 2. The molecule has 1 aliphatic rings. The second-order valence-corrected chi connectivity index (χ2v) is 5.15. The molecule has 1 fully saturated rings. The summed E-state index contributed by atoms with van der Waals surface area (Å²) in [7, 11) is 1.68. The Balaban J connectivity index is 2.82. The molecule has 1 N–H and O–H groups in total. The van der Waals surface area contributed by atoms with Gasteiger partial charge in [-0.15, -0.1) is 0 Å². The quantitative estimate of drug-likeness (QED) is 0.741. The number of aliphatic carboxylic acids is 1. The first-order valence-corrected chi connectivity index (χ1v) is 6.58. The first kappa shape index (κ1) is 15.4. The highest BCUT2D eigenvalue weighted by molar-refractivity contribution is 5.71. The van der Waals surface area contributed by atoms with Crippen molar-refractivity contribution in [2.75, 3.05) is 33.5 Å². The molecule has 1 rings (SSSR count). The lowest BCUT2D eigenvalue weighted by Gasteiger charge is -2.38. The molecule has 3 unspecified atom stereocenters. The average Bonchev–Trinajstić information content (AvgIpc) is 2.78. The average molecular weight is 259 g/mol. The maximum atomic E-state index is 11.2. The van der Waals surface area contributed by atoms with Crippen LogP contribution in [-0.2, 0) is 14.3 Å².